The Morgan fingerprint density at radius 2 is 1.55 bits per heavy atom. The molecule has 0 aliphatic rings. The van der Waals surface area contributed by atoms with Gasteiger partial charge in [0.1, 0.15) is 17.5 Å². The lowest BCUT2D eigenvalue weighted by Crippen LogP contribution is -2.21. The maximum Gasteiger partial charge on any atom is 0.129 e. The van der Waals surface area contributed by atoms with Crippen LogP contribution in [0.15, 0.2) is 36.4 Å². The summed E-state index contributed by atoms with van der Waals surface area (Å²) in [5.74, 6) is -1.82. The van der Waals surface area contributed by atoms with Crippen molar-refractivity contribution in [2.45, 2.75) is 12.5 Å². The van der Waals surface area contributed by atoms with Gasteiger partial charge in [-0.1, -0.05) is 23.7 Å². The van der Waals surface area contributed by atoms with E-state index in [4.69, 9.17) is 11.6 Å². The van der Waals surface area contributed by atoms with E-state index in [2.05, 4.69) is 5.32 Å². The maximum atomic E-state index is 13.9. The summed E-state index contributed by atoms with van der Waals surface area (Å²) in [4.78, 5) is 0. The van der Waals surface area contributed by atoms with Gasteiger partial charge in [0.15, 0.2) is 0 Å². The summed E-state index contributed by atoms with van der Waals surface area (Å²) >= 11 is 5.98. The highest BCUT2D eigenvalue weighted by Gasteiger charge is 2.21. The van der Waals surface area contributed by atoms with Crippen LogP contribution in [-0.4, -0.2) is 7.05 Å². The van der Waals surface area contributed by atoms with Crippen LogP contribution >= 0.6 is 11.6 Å². The fourth-order valence-electron chi connectivity index (χ4n) is 2.12. The highest BCUT2D eigenvalue weighted by atomic mass is 35.5. The molecule has 2 aromatic carbocycles. The van der Waals surface area contributed by atoms with Crippen LogP contribution in [0.1, 0.15) is 17.2 Å². The van der Waals surface area contributed by atoms with Crippen LogP contribution in [0.3, 0.4) is 0 Å². The first-order valence-corrected chi connectivity index (χ1v) is 6.46. The Kier molecular flexibility index (Phi) is 4.68. The molecule has 2 aromatic rings. The van der Waals surface area contributed by atoms with Crippen LogP contribution in [0.4, 0.5) is 13.2 Å². The van der Waals surface area contributed by atoms with Gasteiger partial charge in [-0.15, -0.1) is 0 Å². The Hall–Kier alpha value is -1.52. The summed E-state index contributed by atoms with van der Waals surface area (Å²) in [7, 11) is 1.59. The summed E-state index contributed by atoms with van der Waals surface area (Å²) in [6.07, 6.45) is -0.0321. The summed E-state index contributed by atoms with van der Waals surface area (Å²) < 4.78 is 41.2. The molecule has 0 saturated heterocycles. The van der Waals surface area contributed by atoms with Gasteiger partial charge in [0.05, 0.1) is 0 Å². The van der Waals surface area contributed by atoms with Crippen molar-refractivity contribution in [3.8, 4) is 0 Å². The molecule has 0 amide bonds. The molecule has 0 bridgehead atoms. The van der Waals surface area contributed by atoms with Crippen molar-refractivity contribution in [3.05, 3.63) is 70.0 Å². The molecule has 5 heteroatoms. The van der Waals surface area contributed by atoms with Crippen molar-refractivity contribution < 1.29 is 13.2 Å². The fraction of sp³-hybridized carbons (Fsp3) is 0.200. The number of hydrogen-bond acceptors (Lipinski definition) is 1. The van der Waals surface area contributed by atoms with E-state index in [1.54, 1.807) is 13.1 Å². The molecule has 0 aliphatic heterocycles. The van der Waals surface area contributed by atoms with E-state index in [1.165, 1.54) is 30.3 Å². The van der Waals surface area contributed by atoms with Gasteiger partial charge in [-0.25, -0.2) is 13.2 Å². The van der Waals surface area contributed by atoms with Crippen LogP contribution in [0, 0.1) is 17.5 Å². The van der Waals surface area contributed by atoms with E-state index in [9.17, 15) is 13.2 Å². The van der Waals surface area contributed by atoms with Crippen LogP contribution in [0.2, 0.25) is 5.02 Å². The van der Waals surface area contributed by atoms with Gasteiger partial charge in [-0.3, -0.25) is 0 Å². The quantitative estimate of drug-likeness (QED) is 0.889. The monoisotopic (exact) mass is 299 g/mol. The number of hydrogen-bond donors (Lipinski definition) is 1. The van der Waals surface area contributed by atoms with E-state index in [-0.39, 0.29) is 22.6 Å². The molecule has 2 rings (SSSR count). The van der Waals surface area contributed by atoms with Crippen molar-refractivity contribution >= 4 is 11.6 Å². The first kappa shape index (κ1) is 14.9. The van der Waals surface area contributed by atoms with Crippen molar-refractivity contribution in [2.75, 3.05) is 7.05 Å². The lowest BCUT2D eigenvalue weighted by molar-refractivity contribution is 0.497. The Morgan fingerprint density at radius 3 is 2.10 bits per heavy atom. The van der Waals surface area contributed by atoms with E-state index >= 15 is 0 Å². The topological polar surface area (TPSA) is 12.0 Å². The minimum Gasteiger partial charge on any atom is -0.313 e. The Bertz CT molecular complexity index is 576. The molecule has 20 heavy (non-hydrogen) atoms. The molecule has 0 heterocycles. The lowest BCUT2D eigenvalue weighted by Gasteiger charge is -2.19. The molecule has 1 unspecified atom stereocenters. The predicted molar refractivity (Wildman–Crippen MR) is 73.3 cm³/mol. The Balaban J connectivity index is 2.39. The molecule has 0 saturated carbocycles. The first-order valence-electron chi connectivity index (χ1n) is 6.08. The van der Waals surface area contributed by atoms with Crippen LogP contribution < -0.4 is 5.32 Å². The van der Waals surface area contributed by atoms with Crippen molar-refractivity contribution in [2.24, 2.45) is 0 Å². The number of halogens is 4. The minimum absolute atomic E-state index is 0.0321. The fourth-order valence-corrected chi connectivity index (χ4v) is 2.42. The van der Waals surface area contributed by atoms with Gasteiger partial charge in [-0.2, -0.15) is 0 Å². The van der Waals surface area contributed by atoms with Crippen LogP contribution in [0.5, 0.6) is 0 Å². The lowest BCUT2D eigenvalue weighted by atomic mass is 9.97. The van der Waals surface area contributed by atoms with Crippen molar-refractivity contribution in [1.29, 1.82) is 0 Å². The van der Waals surface area contributed by atoms with E-state index < -0.39 is 23.5 Å². The molecule has 0 aliphatic carbocycles. The largest absolute Gasteiger partial charge is 0.313 e. The van der Waals surface area contributed by atoms with Crippen LogP contribution in [0.25, 0.3) is 0 Å². The van der Waals surface area contributed by atoms with Crippen molar-refractivity contribution in [3.63, 3.8) is 0 Å². The van der Waals surface area contributed by atoms with Crippen LogP contribution in [-0.2, 0) is 6.42 Å². The summed E-state index contributed by atoms with van der Waals surface area (Å²) in [6.45, 7) is 0. The average molecular weight is 300 g/mol. The number of benzene rings is 2. The van der Waals surface area contributed by atoms with Crippen molar-refractivity contribution in [1.82, 2.24) is 5.32 Å². The zero-order valence-electron chi connectivity index (χ0n) is 10.8. The number of rotatable bonds is 4. The maximum absolute atomic E-state index is 13.9. The zero-order valence-corrected chi connectivity index (χ0v) is 11.5. The molecule has 1 atom stereocenters. The SMILES string of the molecule is CNC(Cc1c(F)cccc1F)c1c(F)cccc1Cl. The second-order valence-corrected chi connectivity index (χ2v) is 4.79. The molecule has 0 radical (unpaired) electrons. The van der Waals surface area contributed by atoms with Gasteiger partial charge < -0.3 is 5.32 Å². The third-order valence-electron chi connectivity index (χ3n) is 3.17. The Morgan fingerprint density at radius 1 is 1.00 bits per heavy atom. The van der Waals surface area contributed by atoms with E-state index in [0.29, 0.717) is 0 Å². The molecular weight excluding hydrogens is 287 g/mol. The predicted octanol–water partition coefficient (Wildman–Crippen LogP) is 4.26. The molecule has 1 nitrogen and oxygen atoms in total. The third kappa shape index (κ3) is 2.97. The van der Waals surface area contributed by atoms with Gasteiger partial charge in [0.2, 0.25) is 0 Å². The molecular formula is C15H13ClF3N. The third-order valence-corrected chi connectivity index (χ3v) is 3.50. The second kappa shape index (κ2) is 6.29. The average Bonchev–Trinajstić information content (AvgIpc) is 2.40. The zero-order chi connectivity index (χ0) is 14.7. The molecule has 0 aromatic heterocycles. The standard InChI is InChI=1S/C15H13ClF3N/c1-20-14(15-10(16)4-2-7-13(15)19)8-9-11(17)5-3-6-12(9)18/h2-7,14,20H,8H2,1H3. The van der Waals surface area contributed by atoms with Gasteiger partial charge in [0, 0.05) is 22.2 Å². The smallest absolute Gasteiger partial charge is 0.129 e. The number of likely N-dealkylation sites (N-methyl/N-ethyl adjacent to an activating group) is 1. The van der Waals surface area contributed by atoms with E-state index in [0.717, 1.165) is 0 Å². The summed E-state index contributed by atoms with van der Waals surface area (Å²) in [5.41, 5.74) is 0.116. The van der Waals surface area contributed by atoms with Gasteiger partial charge >= 0.3 is 0 Å². The molecule has 0 fully saturated rings. The normalized spacial score (nSPS) is 12.4. The highest BCUT2D eigenvalue weighted by molar-refractivity contribution is 6.31. The minimum atomic E-state index is -0.655. The Labute approximate surface area is 120 Å². The molecule has 1 N–H and O–H groups in total. The highest BCUT2D eigenvalue weighted by Crippen LogP contribution is 2.29. The molecule has 0 spiro atoms. The van der Waals surface area contributed by atoms with Gasteiger partial charge in [0.25, 0.3) is 0 Å². The van der Waals surface area contributed by atoms with E-state index in [1.807, 2.05) is 0 Å². The second-order valence-electron chi connectivity index (χ2n) is 4.38. The summed E-state index contributed by atoms with van der Waals surface area (Å²) in [6, 6.07) is 7.32. The molecule has 106 valence electrons. The number of nitrogens with one attached hydrogen (secondary N) is 1. The summed E-state index contributed by atoms with van der Waals surface area (Å²) in [5, 5.41) is 3.07. The van der Waals surface area contributed by atoms with Gasteiger partial charge in [-0.05, 0) is 37.7 Å². The first-order chi connectivity index (χ1) is 9.54.